The van der Waals surface area contributed by atoms with Crippen molar-refractivity contribution < 1.29 is 19.2 Å². The molecule has 0 heterocycles. The van der Waals surface area contributed by atoms with Crippen LogP contribution < -0.4 is 2.81 Å². The molecule has 0 radical (unpaired) electrons. The molecule has 1 aromatic rings. The molecule has 0 spiro atoms. The van der Waals surface area contributed by atoms with Gasteiger partial charge in [-0.15, -0.1) is 0 Å². The normalized spacial score (nSPS) is 10.5. The standard InChI is InChI=1S/C8H9.Na.H3O4P/c1-7-4-3-5-8(2)6-7;;1-5(2,3)4/h3-4,6H,1-2H3;;(H3,1,2,3,4). The van der Waals surface area contributed by atoms with Crippen molar-refractivity contribution >= 4 is 38.6 Å². The minimum atomic E-state index is -4.64. The average Bonchev–Trinajstić information content (AvgIpc) is 1.94. The Hall–Kier alpha value is 0.330. The molecule has 0 fully saturated rings. The van der Waals surface area contributed by atoms with Gasteiger partial charge in [0.1, 0.15) is 0 Å². The van der Waals surface area contributed by atoms with Crippen LogP contribution in [0.25, 0.3) is 0 Å². The minimum Gasteiger partial charge on any atom is -0.303 e. The number of phosphoric acid groups is 1. The maximum Gasteiger partial charge on any atom is 0.466 e. The van der Waals surface area contributed by atoms with Gasteiger partial charge < -0.3 is 14.7 Å². The molecule has 0 amide bonds. The van der Waals surface area contributed by atoms with Crippen molar-refractivity contribution in [1.29, 1.82) is 0 Å². The van der Waals surface area contributed by atoms with Gasteiger partial charge in [-0.25, -0.2) is 4.57 Å². The Balaban J connectivity index is 0.000000292. The van der Waals surface area contributed by atoms with E-state index in [9.17, 15) is 0 Å². The van der Waals surface area contributed by atoms with Gasteiger partial charge in [-0.2, -0.15) is 0 Å². The van der Waals surface area contributed by atoms with Crippen LogP contribution in [0.5, 0.6) is 0 Å². The molecule has 0 unspecified atom stereocenters. The van der Waals surface area contributed by atoms with Gasteiger partial charge in [-0.05, 0) is 0 Å². The molecule has 0 saturated heterocycles. The van der Waals surface area contributed by atoms with Crippen LogP contribution >= 0.6 is 7.82 Å². The summed E-state index contributed by atoms with van der Waals surface area (Å²) in [5.74, 6) is 0. The van der Waals surface area contributed by atoms with E-state index in [4.69, 9.17) is 19.2 Å². The van der Waals surface area contributed by atoms with Crippen molar-refractivity contribution in [3.05, 3.63) is 29.3 Å². The van der Waals surface area contributed by atoms with Crippen molar-refractivity contribution in [3.63, 3.8) is 0 Å². The number of aryl methyl sites for hydroxylation is 2. The van der Waals surface area contributed by atoms with E-state index in [2.05, 4.69) is 32.0 Å². The fourth-order valence-electron chi connectivity index (χ4n) is 0.891. The summed E-state index contributed by atoms with van der Waals surface area (Å²) < 4.78 is 10.4. The fourth-order valence-corrected chi connectivity index (χ4v) is 1.20. The zero-order valence-corrected chi connectivity index (χ0v) is 11.3. The van der Waals surface area contributed by atoms with Crippen LogP contribution in [0.4, 0.5) is 0 Å². The molecule has 74 valence electrons. The SMILES string of the molecule is Cc1cc[c]([Na])c(C)c1.O=P(O)(O)O. The second-order valence-corrected chi connectivity index (χ2v) is 5.20. The Morgan fingerprint density at radius 2 is 1.64 bits per heavy atom. The third-order valence-electron chi connectivity index (χ3n) is 1.66. The molecule has 0 aliphatic heterocycles. The predicted molar refractivity (Wildman–Crippen MR) is 55.6 cm³/mol. The van der Waals surface area contributed by atoms with Crippen molar-refractivity contribution in [2.45, 2.75) is 13.8 Å². The van der Waals surface area contributed by atoms with Crippen LogP contribution in [-0.4, -0.2) is 42.6 Å². The molecule has 1 rings (SSSR count). The molecule has 0 atom stereocenters. The molecule has 6 heteroatoms. The summed E-state index contributed by atoms with van der Waals surface area (Å²) in [4.78, 5) is 21.6. The minimum absolute atomic E-state index is 1.17. The van der Waals surface area contributed by atoms with E-state index < -0.39 is 7.82 Å². The van der Waals surface area contributed by atoms with E-state index in [1.54, 1.807) is 0 Å². The van der Waals surface area contributed by atoms with E-state index >= 15 is 0 Å². The predicted octanol–water partition coefficient (Wildman–Crippen LogP) is 0.169. The third-order valence-corrected chi connectivity index (χ3v) is 2.78. The summed E-state index contributed by atoms with van der Waals surface area (Å²) in [5.41, 5.74) is 2.81. The number of hydrogen-bond donors (Lipinski definition) is 3. The number of hydrogen-bond acceptors (Lipinski definition) is 1. The first-order chi connectivity index (χ1) is 6.20. The van der Waals surface area contributed by atoms with Crippen LogP contribution in [0.2, 0.25) is 0 Å². The second-order valence-electron chi connectivity index (χ2n) is 3.10. The van der Waals surface area contributed by atoms with Crippen LogP contribution in [0.3, 0.4) is 0 Å². The van der Waals surface area contributed by atoms with Crippen molar-refractivity contribution in [1.82, 2.24) is 0 Å². The molecular formula is C8H12NaO4P. The fraction of sp³-hybridized carbons (Fsp3) is 0.250. The summed E-state index contributed by atoms with van der Waals surface area (Å²) in [5, 5.41) is 0. The van der Waals surface area contributed by atoms with Gasteiger partial charge in [-0.1, -0.05) is 0 Å². The number of rotatable bonds is 0. The van der Waals surface area contributed by atoms with Crippen LogP contribution in [0.1, 0.15) is 11.1 Å². The summed E-state index contributed by atoms with van der Waals surface area (Å²) in [6.45, 7) is 4.31. The first kappa shape index (κ1) is 14.3. The van der Waals surface area contributed by atoms with E-state index in [1.807, 2.05) is 0 Å². The third kappa shape index (κ3) is 8.91. The summed E-state index contributed by atoms with van der Waals surface area (Å²) in [7, 11) is -4.64. The summed E-state index contributed by atoms with van der Waals surface area (Å²) >= 11 is 1.17. The summed E-state index contributed by atoms with van der Waals surface area (Å²) in [6.07, 6.45) is 0. The molecule has 1 aromatic carbocycles. The van der Waals surface area contributed by atoms with Crippen molar-refractivity contribution in [2.75, 3.05) is 0 Å². The van der Waals surface area contributed by atoms with Crippen LogP contribution in [0.15, 0.2) is 18.2 Å². The van der Waals surface area contributed by atoms with E-state index in [1.165, 1.54) is 41.9 Å². The van der Waals surface area contributed by atoms with Crippen LogP contribution in [0, 0.1) is 13.8 Å². The topological polar surface area (TPSA) is 77.8 Å². The molecular weight excluding hydrogens is 214 g/mol. The van der Waals surface area contributed by atoms with Gasteiger partial charge >= 0.3 is 81.7 Å². The van der Waals surface area contributed by atoms with Crippen molar-refractivity contribution in [2.24, 2.45) is 0 Å². The van der Waals surface area contributed by atoms with Gasteiger partial charge in [0.2, 0.25) is 0 Å². The second kappa shape index (κ2) is 6.03. The maximum absolute atomic E-state index is 8.88. The maximum atomic E-state index is 8.88. The van der Waals surface area contributed by atoms with Gasteiger partial charge in [0.15, 0.2) is 0 Å². The molecule has 0 aliphatic rings. The van der Waals surface area contributed by atoms with Gasteiger partial charge in [-0.3, -0.25) is 0 Å². The Labute approximate surface area is 101 Å². The monoisotopic (exact) mass is 226 g/mol. The smallest absolute Gasteiger partial charge is 0.303 e. The number of benzene rings is 1. The first-order valence-electron chi connectivity index (χ1n) is 4.02. The zero-order chi connectivity index (χ0) is 11.4. The van der Waals surface area contributed by atoms with Crippen LogP contribution in [-0.2, 0) is 4.57 Å². The van der Waals surface area contributed by atoms with Gasteiger partial charge in [0.25, 0.3) is 0 Å². The zero-order valence-electron chi connectivity index (χ0n) is 8.43. The van der Waals surface area contributed by atoms with E-state index in [0.717, 1.165) is 0 Å². The molecule has 14 heavy (non-hydrogen) atoms. The van der Waals surface area contributed by atoms with Crippen molar-refractivity contribution in [3.8, 4) is 0 Å². The van der Waals surface area contributed by atoms with Gasteiger partial charge in [0, 0.05) is 0 Å². The largest absolute Gasteiger partial charge is 0.466 e. The first-order valence-corrected chi connectivity index (χ1v) is 6.59. The molecule has 0 saturated carbocycles. The molecule has 0 aliphatic carbocycles. The molecule has 0 bridgehead atoms. The Morgan fingerprint density at radius 3 is 1.93 bits per heavy atom. The van der Waals surface area contributed by atoms with E-state index in [-0.39, 0.29) is 0 Å². The Kier molecular flexibility index (Phi) is 6.17. The molecule has 3 N–H and O–H groups in total. The van der Waals surface area contributed by atoms with E-state index in [0.29, 0.717) is 0 Å². The average molecular weight is 226 g/mol. The molecule has 0 aromatic heterocycles. The molecule has 4 nitrogen and oxygen atoms in total. The summed E-state index contributed by atoms with van der Waals surface area (Å²) in [6, 6.07) is 6.63. The Morgan fingerprint density at radius 1 is 1.21 bits per heavy atom. The Bertz CT molecular complexity index is 339. The van der Waals surface area contributed by atoms with Gasteiger partial charge in [0.05, 0.1) is 0 Å². The quantitative estimate of drug-likeness (QED) is 0.435.